The van der Waals surface area contributed by atoms with Gasteiger partial charge in [-0.2, -0.15) is 0 Å². The Hall–Kier alpha value is -3.00. The normalized spacial score (nSPS) is 18.7. The number of anilines is 1. The lowest BCUT2D eigenvalue weighted by atomic mass is 9.98. The van der Waals surface area contributed by atoms with Crippen molar-refractivity contribution in [1.29, 1.82) is 0 Å². The van der Waals surface area contributed by atoms with Crippen LogP contribution in [-0.2, 0) is 27.3 Å². The van der Waals surface area contributed by atoms with E-state index in [0.29, 0.717) is 10.7 Å². The Morgan fingerprint density at radius 1 is 0.895 bits per heavy atom. The predicted octanol–water partition coefficient (Wildman–Crippen LogP) is 5.47. The zero-order valence-corrected chi connectivity index (χ0v) is 23.3. The maximum atomic E-state index is 13.8. The van der Waals surface area contributed by atoms with Gasteiger partial charge in [-0.15, -0.1) is 0 Å². The molecule has 38 heavy (non-hydrogen) atoms. The number of hydrogen-bond donors (Lipinski definition) is 0. The Bertz CT molecular complexity index is 1290. The van der Waals surface area contributed by atoms with Gasteiger partial charge in [0.1, 0.15) is 6.04 Å². The number of amides is 3. The van der Waals surface area contributed by atoms with Crippen LogP contribution in [-0.4, -0.2) is 52.7 Å². The van der Waals surface area contributed by atoms with Crippen molar-refractivity contribution in [2.45, 2.75) is 44.3 Å². The highest BCUT2D eigenvalue weighted by Gasteiger charge is 2.46. The molecule has 3 amide bonds. The lowest BCUT2D eigenvalue weighted by molar-refractivity contribution is -0.141. The number of halogens is 2. The molecule has 6 nitrogen and oxygen atoms in total. The summed E-state index contributed by atoms with van der Waals surface area (Å²) in [5.41, 5.74) is 2.60. The van der Waals surface area contributed by atoms with E-state index in [2.05, 4.69) is 33.0 Å². The summed E-state index contributed by atoms with van der Waals surface area (Å²) in [5.74, 6) is -0.765. The molecule has 0 aliphatic carbocycles. The quantitative estimate of drug-likeness (QED) is 0.341. The molecule has 8 heteroatoms. The van der Waals surface area contributed by atoms with Crippen LogP contribution in [0.5, 0.6) is 0 Å². The van der Waals surface area contributed by atoms with Crippen LogP contribution in [0.15, 0.2) is 83.3 Å². The molecule has 196 valence electrons. The summed E-state index contributed by atoms with van der Waals surface area (Å²) < 4.78 is 0.860. The summed E-state index contributed by atoms with van der Waals surface area (Å²) in [4.78, 5) is 45.8. The van der Waals surface area contributed by atoms with Gasteiger partial charge in [-0.1, -0.05) is 70.0 Å². The Kier molecular flexibility index (Phi) is 8.27. The van der Waals surface area contributed by atoms with Gasteiger partial charge in [0.15, 0.2) is 0 Å². The summed E-state index contributed by atoms with van der Waals surface area (Å²) in [6.07, 6.45) is 1.63. The Labute approximate surface area is 236 Å². The first-order valence-electron chi connectivity index (χ1n) is 12.8. The first-order valence-corrected chi connectivity index (χ1v) is 14.0. The number of imide groups is 1. The monoisotopic (exact) mass is 593 g/mol. The molecule has 0 aromatic heterocycles. The average molecular weight is 595 g/mol. The number of carbonyl (C=O) groups excluding carboxylic acids is 3. The highest BCUT2D eigenvalue weighted by Crippen LogP contribution is 2.31. The number of nitrogens with zero attached hydrogens (tertiary/aromatic N) is 3. The second-order valence-electron chi connectivity index (χ2n) is 9.86. The van der Waals surface area contributed by atoms with Crippen LogP contribution >= 0.6 is 27.5 Å². The number of likely N-dealkylation sites (tertiary alicyclic amines) is 1. The van der Waals surface area contributed by atoms with E-state index in [4.69, 9.17) is 11.6 Å². The van der Waals surface area contributed by atoms with Gasteiger partial charge in [0.25, 0.3) is 5.91 Å². The molecule has 0 bridgehead atoms. The smallest absolute Gasteiger partial charge is 0.257 e. The highest BCUT2D eigenvalue weighted by molar-refractivity contribution is 9.10. The van der Waals surface area contributed by atoms with E-state index in [1.807, 2.05) is 30.3 Å². The fourth-order valence-corrected chi connectivity index (χ4v) is 5.78. The standard InChI is InChI=1S/C30H29BrClN3O3/c31-23-8-12-25(13-9-23)35-29(37)19-27(30(35)38)34(28(36)18-21-6-10-24(32)11-7-21)26-14-16-33(17-15-26)20-22-4-2-1-3-5-22/h1-13,26-27H,14-20H2. The van der Waals surface area contributed by atoms with E-state index in [-0.39, 0.29) is 36.6 Å². The molecule has 2 fully saturated rings. The minimum absolute atomic E-state index is 0.00845. The third-order valence-corrected chi connectivity index (χ3v) is 8.08. The fourth-order valence-electron chi connectivity index (χ4n) is 5.39. The minimum Gasteiger partial charge on any atom is -0.327 e. The molecule has 0 N–H and O–H groups in total. The van der Waals surface area contributed by atoms with E-state index in [9.17, 15) is 14.4 Å². The van der Waals surface area contributed by atoms with E-state index >= 15 is 0 Å². The zero-order chi connectivity index (χ0) is 26.6. The summed E-state index contributed by atoms with van der Waals surface area (Å²) in [6, 6.07) is 23.7. The summed E-state index contributed by atoms with van der Waals surface area (Å²) in [6.45, 7) is 2.48. The SMILES string of the molecule is O=C1CC(N(C(=O)Cc2ccc(Cl)cc2)C2CCN(Cc3ccccc3)CC2)C(=O)N1c1ccc(Br)cc1. The Balaban J connectivity index is 1.36. The number of rotatable bonds is 7. The maximum absolute atomic E-state index is 13.8. The molecule has 1 unspecified atom stereocenters. The van der Waals surface area contributed by atoms with E-state index in [1.165, 1.54) is 10.5 Å². The number of hydrogen-bond acceptors (Lipinski definition) is 4. The lowest BCUT2D eigenvalue weighted by Crippen LogP contribution is -2.54. The molecule has 1 atom stereocenters. The van der Waals surface area contributed by atoms with Gasteiger partial charge < -0.3 is 4.90 Å². The number of benzene rings is 3. The van der Waals surface area contributed by atoms with Crippen molar-refractivity contribution < 1.29 is 14.4 Å². The Morgan fingerprint density at radius 3 is 2.21 bits per heavy atom. The van der Waals surface area contributed by atoms with Crippen molar-refractivity contribution in [3.05, 3.63) is 99.5 Å². The van der Waals surface area contributed by atoms with Crippen molar-refractivity contribution >= 4 is 50.9 Å². The molecule has 2 heterocycles. The van der Waals surface area contributed by atoms with Crippen molar-refractivity contribution in [3.63, 3.8) is 0 Å². The van der Waals surface area contributed by atoms with Crippen LogP contribution < -0.4 is 4.90 Å². The van der Waals surface area contributed by atoms with Crippen molar-refractivity contribution in [1.82, 2.24) is 9.80 Å². The average Bonchev–Trinajstić information content (AvgIpc) is 3.21. The molecule has 5 rings (SSSR count). The van der Waals surface area contributed by atoms with Crippen LogP contribution in [0.2, 0.25) is 5.02 Å². The predicted molar refractivity (Wildman–Crippen MR) is 152 cm³/mol. The topological polar surface area (TPSA) is 60.9 Å². The molecule has 0 spiro atoms. The number of carbonyl (C=O) groups is 3. The summed E-state index contributed by atoms with van der Waals surface area (Å²) >= 11 is 9.43. The third-order valence-electron chi connectivity index (χ3n) is 7.30. The molecule has 2 saturated heterocycles. The molecule has 0 radical (unpaired) electrons. The van der Waals surface area contributed by atoms with E-state index in [1.54, 1.807) is 41.3 Å². The molecule has 0 saturated carbocycles. The second kappa shape index (κ2) is 11.8. The molecule has 3 aromatic carbocycles. The fraction of sp³-hybridized carbons (Fsp3) is 0.300. The highest BCUT2D eigenvalue weighted by atomic mass is 79.9. The van der Waals surface area contributed by atoms with Gasteiger partial charge in [-0.25, -0.2) is 4.90 Å². The van der Waals surface area contributed by atoms with Crippen LogP contribution in [0.1, 0.15) is 30.4 Å². The lowest BCUT2D eigenvalue weighted by Gasteiger charge is -2.40. The van der Waals surface area contributed by atoms with Crippen molar-refractivity contribution in [2.24, 2.45) is 0 Å². The van der Waals surface area contributed by atoms with Gasteiger partial charge >= 0.3 is 0 Å². The van der Waals surface area contributed by atoms with Crippen molar-refractivity contribution in [2.75, 3.05) is 18.0 Å². The maximum Gasteiger partial charge on any atom is 0.257 e. The van der Waals surface area contributed by atoms with Crippen LogP contribution in [0, 0.1) is 0 Å². The van der Waals surface area contributed by atoms with Crippen LogP contribution in [0.3, 0.4) is 0 Å². The second-order valence-corrected chi connectivity index (χ2v) is 11.2. The van der Waals surface area contributed by atoms with Crippen LogP contribution in [0.4, 0.5) is 5.69 Å². The Morgan fingerprint density at radius 2 is 1.55 bits per heavy atom. The zero-order valence-electron chi connectivity index (χ0n) is 20.9. The summed E-state index contributed by atoms with van der Waals surface area (Å²) in [7, 11) is 0. The van der Waals surface area contributed by atoms with Gasteiger partial charge in [-0.3, -0.25) is 19.3 Å². The van der Waals surface area contributed by atoms with E-state index < -0.39 is 6.04 Å². The molecule has 2 aliphatic rings. The molecular weight excluding hydrogens is 566 g/mol. The molecule has 2 aliphatic heterocycles. The summed E-state index contributed by atoms with van der Waals surface area (Å²) in [5, 5.41) is 0.602. The first kappa shape index (κ1) is 26.6. The largest absolute Gasteiger partial charge is 0.327 e. The van der Waals surface area contributed by atoms with Gasteiger partial charge in [-0.05, 0) is 60.4 Å². The molecule has 3 aromatic rings. The van der Waals surface area contributed by atoms with E-state index in [0.717, 1.165) is 42.5 Å². The van der Waals surface area contributed by atoms with Gasteiger partial charge in [0, 0.05) is 35.2 Å². The molecular formula is C30H29BrClN3O3. The van der Waals surface area contributed by atoms with Gasteiger partial charge in [0.05, 0.1) is 18.5 Å². The first-order chi connectivity index (χ1) is 18.4. The third kappa shape index (κ3) is 6.01. The van der Waals surface area contributed by atoms with Crippen molar-refractivity contribution in [3.8, 4) is 0 Å². The minimum atomic E-state index is -0.809. The van der Waals surface area contributed by atoms with Gasteiger partial charge in [0.2, 0.25) is 11.8 Å². The number of piperidine rings is 1. The van der Waals surface area contributed by atoms with Crippen LogP contribution in [0.25, 0.3) is 0 Å².